The molecule has 1 rings (SSSR count). The van der Waals surface area contributed by atoms with Gasteiger partial charge in [-0.2, -0.15) is 0 Å². The third-order valence-corrected chi connectivity index (χ3v) is 3.73. The Labute approximate surface area is 123 Å². The molecule has 0 spiro atoms. The van der Waals surface area contributed by atoms with E-state index in [1.807, 2.05) is 26.0 Å². The molecule has 0 aliphatic carbocycles. The van der Waals surface area contributed by atoms with Crippen LogP contribution in [0.2, 0.25) is 0 Å². The Morgan fingerprint density at radius 3 is 2.32 bits per heavy atom. The fourth-order valence-electron chi connectivity index (χ4n) is 1.62. The van der Waals surface area contributed by atoms with Crippen LogP contribution < -0.4 is 14.8 Å². The Hall–Kier alpha value is -0.780. The molecule has 1 aromatic rings. The SMILES string of the molecule is COc1cc(Br)c(CNCC(O)C(C)C)cc1OC. The van der Waals surface area contributed by atoms with Gasteiger partial charge in [-0.25, -0.2) is 0 Å². The van der Waals surface area contributed by atoms with Gasteiger partial charge in [-0.1, -0.05) is 29.8 Å². The predicted octanol–water partition coefficient (Wildman–Crippen LogP) is 2.57. The molecule has 2 N–H and O–H groups in total. The number of hydrogen-bond donors (Lipinski definition) is 2. The summed E-state index contributed by atoms with van der Waals surface area (Å²) in [4.78, 5) is 0. The highest BCUT2D eigenvalue weighted by Crippen LogP contribution is 2.33. The van der Waals surface area contributed by atoms with Crippen molar-refractivity contribution in [2.24, 2.45) is 5.92 Å². The highest BCUT2D eigenvalue weighted by atomic mass is 79.9. The zero-order chi connectivity index (χ0) is 14.4. The van der Waals surface area contributed by atoms with E-state index in [4.69, 9.17) is 9.47 Å². The molecule has 0 fully saturated rings. The summed E-state index contributed by atoms with van der Waals surface area (Å²) >= 11 is 3.51. The zero-order valence-corrected chi connectivity index (χ0v) is 13.5. The van der Waals surface area contributed by atoms with Crippen LogP contribution in [0.4, 0.5) is 0 Å². The summed E-state index contributed by atoms with van der Waals surface area (Å²) in [5, 5.41) is 13.0. The first-order valence-corrected chi connectivity index (χ1v) is 7.08. The first kappa shape index (κ1) is 16.3. The largest absolute Gasteiger partial charge is 0.493 e. The molecule has 0 aliphatic rings. The number of halogens is 1. The van der Waals surface area contributed by atoms with Gasteiger partial charge in [0, 0.05) is 17.6 Å². The molecule has 0 amide bonds. The molecule has 0 aromatic heterocycles. The van der Waals surface area contributed by atoms with Crippen molar-refractivity contribution >= 4 is 15.9 Å². The van der Waals surface area contributed by atoms with Crippen LogP contribution >= 0.6 is 15.9 Å². The van der Waals surface area contributed by atoms with E-state index in [1.165, 1.54) is 0 Å². The molecule has 19 heavy (non-hydrogen) atoms. The maximum Gasteiger partial charge on any atom is 0.161 e. The lowest BCUT2D eigenvalue weighted by molar-refractivity contribution is 0.123. The van der Waals surface area contributed by atoms with Crippen molar-refractivity contribution < 1.29 is 14.6 Å². The maximum atomic E-state index is 9.74. The third-order valence-electron chi connectivity index (χ3n) is 2.99. The topological polar surface area (TPSA) is 50.7 Å². The molecule has 1 atom stereocenters. The zero-order valence-electron chi connectivity index (χ0n) is 11.9. The second-order valence-corrected chi connectivity index (χ2v) is 5.60. The number of aliphatic hydroxyl groups is 1. The van der Waals surface area contributed by atoms with Gasteiger partial charge in [0.15, 0.2) is 11.5 Å². The number of methoxy groups -OCH3 is 2. The van der Waals surface area contributed by atoms with Crippen LogP contribution in [-0.2, 0) is 6.54 Å². The van der Waals surface area contributed by atoms with E-state index in [0.717, 1.165) is 10.0 Å². The number of benzene rings is 1. The smallest absolute Gasteiger partial charge is 0.161 e. The lowest BCUT2D eigenvalue weighted by atomic mass is 10.1. The van der Waals surface area contributed by atoms with Crippen molar-refractivity contribution in [1.29, 1.82) is 0 Å². The van der Waals surface area contributed by atoms with Crippen molar-refractivity contribution in [3.05, 3.63) is 22.2 Å². The van der Waals surface area contributed by atoms with Crippen molar-refractivity contribution in [1.82, 2.24) is 5.32 Å². The van der Waals surface area contributed by atoms with Crippen molar-refractivity contribution in [3.8, 4) is 11.5 Å². The second kappa shape index (κ2) is 7.72. The van der Waals surface area contributed by atoms with E-state index < -0.39 is 0 Å². The third kappa shape index (κ3) is 4.67. The van der Waals surface area contributed by atoms with Crippen LogP contribution in [0.5, 0.6) is 11.5 Å². The van der Waals surface area contributed by atoms with E-state index in [-0.39, 0.29) is 12.0 Å². The van der Waals surface area contributed by atoms with Gasteiger partial charge in [-0.15, -0.1) is 0 Å². The Kier molecular flexibility index (Phi) is 6.62. The highest BCUT2D eigenvalue weighted by molar-refractivity contribution is 9.10. The number of aliphatic hydroxyl groups excluding tert-OH is 1. The molecule has 5 heteroatoms. The average molecular weight is 332 g/mol. The Morgan fingerprint density at radius 1 is 1.21 bits per heavy atom. The number of ether oxygens (including phenoxy) is 2. The minimum atomic E-state index is -0.334. The Bertz CT molecular complexity index is 410. The van der Waals surface area contributed by atoms with Gasteiger partial charge in [0.25, 0.3) is 0 Å². The fourth-order valence-corrected chi connectivity index (χ4v) is 2.08. The Balaban J connectivity index is 2.68. The van der Waals surface area contributed by atoms with Crippen molar-refractivity contribution in [2.45, 2.75) is 26.5 Å². The summed E-state index contributed by atoms with van der Waals surface area (Å²) in [5.41, 5.74) is 1.06. The quantitative estimate of drug-likeness (QED) is 0.806. The number of rotatable bonds is 7. The first-order chi connectivity index (χ1) is 8.99. The number of hydrogen-bond acceptors (Lipinski definition) is 4. The number of nitrogens with one attached hydrogen (secondary N) is 1. The monoisotopic (exact) mass is 331 g/mol. The molecule has 0 aliphatic heterocycles. The van der Waals surface area contributed by atoms with Crippen LogP contribution in [0, 0.1) is 5.92 Å². The van der Waals surface area contributed by atoms with Gasteiger partial charge >= 0.3 is 0 Å². The van der Waals surface area contributed by atoms with Crippen LogP contribution in [0.1, 0.15) is 19.4 Å². The molecule has 1 unspecified atom stereocenters. The predicted molar refractivity (Wildman–Crippen MR) is 79.8 cm³/mol. The standard InChI is InChI=1S/C14H22BrNO3/c1-9(2)12(17)8-16-7-10-5-13(18-3)14(19-4)6-11(10)15/h5-6,9,12,16-17H,7-8H2,1-4H3. The normalized spacial score (nSPS) is 12.6. The van der Waals surface area contributed by atoms with Gasteiger partial charge in [-0.3, -0.25) is 0 Å². The maximum absolute atomic E-state index is 9.74. The van der Waals surface area contributed by atoms with Gasteiger partial charge in [0.05, 0.1) is 20.3 Å². The summed E-state index contributed by atoms with van der Waals surface area (Å²) in [6.45, 7) is 5.22. The summed E-state index contributed by atoms with van der Waals surface area (Å²) in [6.07, 6.45) is -0.334. The molecule has 0 saturated heterocycles. The van der Waals surface area contributed by atoms with E-state index in [0.29, 0.717) is 24.6 Å². The van der Waals surface area contributed by atoms with Crippen molar-refractivity contribution in [3.63, 3.8) is 0 Å². The second-order valence-electron chi connectivity index (χ2n) is 4.74. The van der Waals surface area contributed by atoms with E-state index in [9.17, 15) is 5.11 Å². The lowest BCUT2D eigenvalue weighted by Gasteiger charge is -2.16. The van der Waals surface area contributed by atoms with Crippen LogP contribution in [0.25, 0.3) is 0 Å². The van der Waals surface area contributed by atoms with Crippen LogP contribution in [0.15, 0.2) is 16.6 Å². The molecule has 108 valence electrons. The molecule has 0 heterocycles. The summed E-state index contributed by atoms with van der Waals surface area (Å²) in [5.74, 6) is 1.65. The van der Waals surface area contributed by atoms with Crippen molar-refractivity contribution in [2.75, 3.05) is 20.8 Å². The highest BCUT2D eigenvalue weighted by Gasteiger charge is 2.11. The minimum Gasteiger partial charge on any atom is -0.493 e. The lowest BCUT2D eigenvalue weighted by Crippen LogP contribution is -2.30. The minimum absolute atomic E-state index is 0.251. The Morgan fingerprint density at radius 2 is 1.79 bits per heavy atom. The van der Waals surface area contributed by atoms with Gasteiger partial charge in [-0.05, 0) is 23.6 Å². The molecule has 1 aromatic carbocycles. The molecule has 0 radical (unpaired) electrons. The van der Waals surface area contributed by atoms with Crippen LogP contribution in [-0.4, -0.2) is 32.0 Å². The van der Waals surface area contributed by atoms with E-state index in [2.05, 4.69) is 21.2 Å². The summed E-state index contributed by atoms with van der Waals surface area (Å²) in [7, 11) is 3.23. The fraction of sp³-hybridized carbons (Fsp3) is 0.571. The van der Waals surface area contributed by atoms with Gasteiger partial charge < -0.3 is 19.9 Å². The molecular weight excluding hydrogens is 310 g/mol. The molecule has 0 saturated carbocycles. The molecular formula is C14H22BrNO3. The van der Waals surface area contributed by atoms with Gasteiger partial charge in [0.2, 0.25) is 0 Å². The van der Waals surface area contributed by atoms with E-state index in [1.54, 1.807) is 14.2 Å². The molecule has 0 bridgehead atoms. The first-order valence-electron chi connectivity index (χ1n) is 6.28. The average Bonchev–Trinajstić information content (AvgIpc) is 2.39. The van der Waals surface area contributed by atoms with Gasteiger partial charge in [0.1, 0.15) is 0 Å². The summed E-state index contributed by atoms with van der Waals surface area (Å²) in [6, 6.07) is 3.81. The van der Waals surface area contributed by atoms with Crippen LogP contribution in [0.3, 0.4) is 0 Å². The van der Waals surface area contributed by atoms with E-state index >= 15 is 0 Å². The summed E-state index contributed by atoms with van der Waals surface area (Å²) < 4.78 is 11.5. The molecule has 4 nitrogen and oxygen atoms in total.